The molecule has 1 aromatic heterocycles. The van der Waals surface area contributed by atoms with Crippen molar-refractivity contribution < 1.29 is 27.5 Å². The van der Waals surface area contributed by atoms with Gasteiger partial charge in [0.2, 0.25) is 5.76 Å². The molecule has 22 heavy (non-hydrogen) atoms. The van der Waals surface area contributed by atoms with Crippen LogP contribution in [0.4, 0.5) is 13.2 Å². The van der Waals surface area contributed by atoms with Gasteiger partial charge in [-0.15, -0.1) is 0 Å². The van der Waals surface area contributed by atoms with E-state index in [9.17, 15) is 23.1 Å². The maximum absolute atomic E-state index is 12.3. The summed E-state index contributed by atoms with van der Waals surface area (Å²) in [5.41, 5.74) is 2.31. The molecule has 0 atom stereocenters. The van der Waals surface area contributed by atoms with Crippen molar-refractivity contribution in [1.82, 2.24) is 5.43 Å². The van der Waals surface area contributed by atoms with Crippen molar-refractivity contribution in [2.45, 2.75) is 6.18 Å². The summed E-state index contributed by atoms with van der Waals surface area (Å²) >= 11 is 3.19. The summed E-state index contributed by atoms with van der Waals surface area (Å²) in [4.78, 5) is 11.6. The Morgan fingerprint density at radius 3 is 2.68 bits per heavy atom. The van der Waals surface area contributed by atoms with Crippen LogP contribution in [0.1, 0.15) is 21.9 Å². The third kappa shape index (κ3) is 3.88. The molecule has 0 unspecified atom stereocenters. The fourth-order valence-electron chi connectivity index (χ4n) is 1.46. The molecule has 0 aliphatic rings. The summed E-state index contributed by atoms with van der Waals surface area (Å²) in [5, 5.41) is 13.1. The summed E-state index contributed by atoms with van der Waals surface area (Å²) in [6.07, 6.45) is -3.52. The fourth-order valence-corrected chi connectivity index (χ4v) is 1.84. The molecule has 116 valence electrons. The Morgan fingerprint density at radius 2 is 2.05 bits per heavy atom. The summed E-state index contributed by atoms with van der Waals surface area (Å²) in [7, 11) is 0. The molecule has 0 aliphatic heterocycles. The zero-order valence-corrected chi connectivity index (χ0v) is 12.3. The first kappa shape index (κ1) is 16.1. The number of hydrazone groups is 1. The maximum Gasteiger partial charge on any atom is 0.449 e. The number of aromatic hydroxyl groups is 1. The van der Waals surface area contributed by atoms with Crippen LogP contribution >= 0.6 is 15.9 Å². The summed E-state index contributed by atoms with van der Waals surface area (Å²) in [6.45, 7) is 0. The van der Waals surface area contributed by atoms with Crippen LogP contribution in [0.15, 0.2) is 44.3 Å². The molecule has 2 rings (SSSR count). The minimum absolute atomic E-state index is 0.0708. The van der Waals surface area contributed by atoms with Crippen LogP contribution < -0.4 is 5.43 Å². The first-order valence-electron chi connectivity index (χ1n) is 5.76. The van der Waals surface area contributed by atoms with Crippen LogP contribution in [0.2, 0.25) is 0 Å². The topological polar surface area (TPSA) is 74.8 Å². The highest BCUT2D eigenvalue weighted by molar-refractivity contribution is 9.10. The van der Waals surface area contributed by atoms with E-state index in [2.05, 4.69) is 25.4 Å². The van der Waals surface area contributed by atoms with Crippen molar-refractivity contribution in [2.75, 3.05) is 0 Å². The van der Waals surface area contributed by atoms with E-state index < -0.39 is 23.6 Å². The smallest absolute Gasteiger partial charge is 0.449 e. The minimum Gasteiger partial charge on any atom is -0.507 e. The SMILES string of the molecule is O=C(N/N=C/c1cc(Br)ccc1O)c1ccc(C(F)(F)F)o1. The number of carbonyl (C=O) groups excluding carboxylic acids is 1. The second kappa shape index (κ2) is 6.22. The largest absolute Gasteiger partial charge is 0.507 e. The second-order valence-electron chi connectivity index (χ2n) is 4.06. The van der Waals surface area contributed by atoms with E-state index >= 15 is 0 Å². The number of hydrogen-bond acceptors (Lipinski definition) is 4. The third-order valence-electron chi connectivity index (χ3n) is 2.47. The quantitative estimate of drug-likeness (QED) is 0.635. The van der Waals surface area contributed by atoms with Crippen LogP contribution in [0, 0.1) is 0 Å². The van der Waals surface area contributed by atoms with Crippen molar-refractivity contribution >= 4 is 28.1 Å². The number of nitrogens with one attached hydrogen (secondary N) is 1. The average Bonchev–Trinajstić information content (AvgIpc) is 2.92. The molecule has 1 aromatic carbocycles. The van der Waals surface area contributed by atoms with Gasteiger partial charge in [0.05, 0.1) is 6.21 Å². The van der Waals surface area contributed by atoms with Crippen molar-refractivity contribution in [3.05, 3.63) is 51.9 Å². The van der Waals surface area contributed by atoms with Gasteiger partial charge in [-0.05, 0) is 30.3 Å². The Balaban J connectivity index is 2.05. The second-order valence-corrected chi connectivity index (χ2v) is 4.98. The van der Waals surface area contributed by atoms with E-state index in [0.29, 0.717) is 16.1 Å². The van der Waals surface area contributed by atoms with Gasteiger partial charge in [0.25, 0.3) is 0 Å². The molecule has 5 nitrogen and oxygen atoms in total. The van der Waals surface area contributed by atoms with E-state index in [1.165, 1.54) is 6.07 Å². The van der Waals surface area contributed by atoms with Gasteiger partial charge in [0, 0.05) is 10.0 Å². The van der Waals surface area contributed by atoms with Crippen molar-refractivity contribution in [3.8, 4) is 5.75 Å². The number of alkyl halides is 3. The highest BCUT2D eigenvalue weighted by Crippen LogP contribution is 2.30. The standard InChI is InChI=1S/C13H8BrF3N2O3/c14-8-1-2-9(20)7(5-8)6-18-19-12(21)10-3-4-11(22-10)13(15,16)17/h1-6,20H,(H,19,21)/b18-6+. The molecule has 9 heteroatoms. The Morgan fingerprint density at radius 1 is 1.32 bits per heavy atom. The molecular formula is C13H8BrF3N2O3. The first-order chi connectivity index (χ1) is 10.3. The van der Waals surface area contributed by atoms with Gasteiger partial charge >= 0.3 is 12.1 Å². The lowest BCUT2D eigenvalue weighted by Crippen LogP contribution is -2.17. The van der Waals surface area contributed by atoms with E-state index in [1.54, 1.807) is 12.1 Å². The van der Waals surface area contributed by atoms with Crippen molar-refractivity contribution in [2.24, 2.45) is 5.10 Å². The van der Waals surface area contributed by atoms with E-state index in [0.717, 1.165) is 12.3 Å². The maximum atomic E-state index is 12.3. The zero-order chi connectivity index (χ0) is 16.3. The predicted molar refractivity (Wildman–Crippen MR) is 74.6 cm³/mol. The summed E-state index contributed by atoms with van der Waals surface area (Å²) in [6, 6.07) is 6.10. The Hall–Kier alpha value is -2.29. The first-order valence-corrected chi connectivity index (χ1v) is 6.55. The van der Waals surface area contributed by atoms with E-state index in [4.69, 9.17) is 0 Å². The molecule has 0 spiro atoms. The Kier molecular flexibility index (Phi) is 4.55. The lowest BCUT2D eigenvalue weighted by molar-refractivity contribution is -0.153. The Labute approximate surface area is 130 Å². The molecule has 0 radical (unpaired) electrons. The third-order valence-corrected chi connectivity index (χ3v) is 2.96. The normalized spacial score (nSPS) is 11.8. The number of benzene rings is 1. The molecule has 1 heterocycles. The predicted octanol–water partition coefficient (Wildman–Crippen LogP) is 3.53. The molecule has 0 saturated heterocycles. The van der Waals surface area contributed by atoms with Crippen LogP contribution in [-0.4, -0.2) is 17.2 Å². The average molecular weight is 377 g/mol. The lowest BCUT2D eigenvalue weighted by atomic mass is 10.2. The number of hydrogen-bond donors (Lipinski definition) is 2. The molecule has 0 fully saturated rings. The van der Waals surface area contributed by atoms with Crippen molar-refractivity contribution in [3.63, 3.8) is 0 Å². The fraction of sp³-hybridized carbons (Fsp3) is 0.0769. The van der Waals surface area contributed by atoms with Crippen molar-refractivity contribution in [1.29, 1.82) is 0 Å². The molecule has 0 aliphatic carbocycles. The highest BCUT2D eigenvalue weighted by atomic mass is 79.9. The van der Waals surface area contributed by atoms with Crippen LogP contribution in [0.3, 0.4) is 0 Å². The van der Waals surface area contributed by atoms with Gasteiger partial charge in [-0.1, -0.05) is 15.9 Å². The molecule has 0 bridgehead atoms. The van der Waals surface area contributed by atoms with Crippen LogP contribution in [-0.2, 0) is 6.18 Å². The lowest BCUT2D eigenvalue weighted by Gasteiger charge is -2.01. The van der Waals surface area contributed by atoms with Gasteiger partial charge in [-0.2, -0.15) is 18.3 Å². The van der Waals surface area contributed by atoms with Gasteiger partial charge in [0.15, 0.2) is 5.76 Å². The summed E-state index contributed by atoms with van der Waals surface area (Å²) in [5.74, 6) is -2.81. The number of amides is 1. The number of nitrogens with zero attached hydrogens (tertiary/aromatic N) is 1. The van der Waals surface area contributed by atoms with Gasteiger partial charge in [-0.3, -0.25) is 4.79 Å². The molecule has 2 aromatic rings. The molecule has 1 amide bonds. The number of halogens is 4. The van der Waals surface area contributed by atoms with E-state index in [1.807, 2.05) is 5.43 Å². The van der Waals surface area contributed by atoms with Crippen LogP contribution in [0.25, 0.3) is 0 Å². The summed E-state index contributed by atoms with van der Waals surface area (Å²) < 4.78 is 42.1. The number of phenolic OH excluding ortho intramolecular Hbond substituents is 1. The number of carbonyl (C=O) groups is 1. The Bertz CT molecular complexity index is 726. The monoisotopic (exact) mass is 376 g/mol. The molecular weight excluding hydrogens is 369 g/mol. The van der Waals surface area contributed by atoms with Gasteiger partial charge < -0.3 is 9.52 Å². The minimum atomic E-state index is -4.66. The van der Waals surface area contributed by atoms with E-state index in [-0.39, 0.29) is 5.75 Å². The molecule has 0 saturated carbocycles. The highest BCUT2D eigenvalue weighted by Gasteiger charge is 2.35. The number of phenols is 1. The number of rotatable bonds is 3. The van der Waals surface area contributed by atoms with Crippen LogP contribution in [0.5, 0.6) is 5.75 Å². The van der Waals surface area contributed by atoms with Gasteiger partial charge in [0.1, 0.15) is 5.75 Å². The molecule has 2 N–H and O–H groups in total. The zero-order valence-electron chi connectivity index (χ0n) is 10.7. The number of furan rings is 1. The van der Waals surface area contributed by atoms with Gasteiger partial charge in [-0.25, -0.2) is 5.43 Å².